The lowest BCUT2D eigenvalue weighted by molar-refractivity contribution is 0.0101. The van der Waals surface area contributed by atoms with Crippen molar-refractivity contribution in [1.29, 1.82) is 0 Å². The van der Waals surface area contributed by atoms with E-state index in [2.05, 4.69) is 31.5 Å². The van der Waals surface area contributed by atoms with Crippen LogP contribution in [0.15, 0.2) is 12.1 Å². The Hall–Kier alpha value is -0.768. The fraction of sp³-hybridized carbons (Fsp3) is 0.714. The van der Waals surface area contributed by atoms with E-state index >= 15 is 0 Å². The van der Waals surface area contributed by atoms with Gasteiger partial charge in [-0.2, -0.15) is 0 Å². The molecule has 6 heteroatoms. The van der Waals surface area contributed by atoms with Gasteiger partial charge >= 0.3 is 0 Å². The third-order valence-electron chi connectivity index (χ3n) is 3.86. The van der Waals surface area contributed by atoms with Crippen molar-refractivity contribution in [2.75, 3.05) is 39.8 Å². The van der Waals surface area contributed by atoms with Gasteiger partial charge in [0.05, 0.1) is 33.0 Å². The second-order valence-electron chi connectivity index (χ2n) is 6.56. The lowest BCUT2D eigenvalue weighted by Gasteiger charge is -2.11. The molecule has 0 aliphatic carbocycles. The van der Waals surface area contributed by atoms with Gasteiger partial charge in [0.2, 0.25) is 22.0 Å². The van der Waals surface area contributed by atoms with E-state index in [9.17, 15) is 0 Å². The van der Waals surface area contributed by atoms with Crippen LogP contribution in [-0.4, -0.2) is 55.0 Å². The number of unbranched alkanes of at least 4 members (excludes halogenated alkanes) is 1. The summed E-state index contributed by atoms with van der Waals surface area (Å²) in [7, 11) is 0. The van der Waals surface area contributed by atoms with E-state index in [1.807, 2.05) is 6.07 Å². The van der Waals surface area contributed by atoms with E-state index in [1.54, 1.807) is 0 Å². The summed E-state index contributed by atoms with van der Waals surface area (Å²) < 4.78 is 27.6. The highest BCUT2D eigenvalue weighted by atomic mass is 27.1. The molecule has 5 nitrogen and oxygen atoms in total. The van der Waals surface area contributed by atoms with Crippen LogP contribution in [0.25, 0.3) is 0 Å². The molecule has 1 aromatic rings. The molecule has 0 spiro atoms. The minimum atomic E-state index is 0.305. The standard InChI is InChI=1S/C19H30O5.2CH3.Al.H/c1-3-5-7-20-8-9-21-10-11-22-14-17-13-19-18(23-15-24-19)12-16(17)6-4-2;;;;/h12-13H,3-11,14-15H2,1-2H3;2*1H3;;. The van der Waals surface area contributed by atoms with Gasteiger partial charge in [0.1, 0.15) is 0 Å². The maximum atomic E-state index is 5.75. The van der Waals surface area contributed by atoms with Crippen molar-refractivity contribution in [2.45, 2.75) is 57.7 Å². The van der Waals surface area contributed by atoms with E-state index in [-0.39, 0.29) is 0 Å². The number of hydrogen-bond donors (Lipinski definition) is 0. The Morgan fingerprint density at radius 3 is 1.96 bits per heavy atom. The molecule has 0 bridgehead atoms. The molecule has 1 aliphatic heterocycles. The van der Waals surface area contributed by atoms with Crippen LogP contribution in [0.4, 0.5) is 0 Å². The Balaban J connectivity index is 0.00000114. The fourth-order valence-corrected chi connectivity index (χ4v) is 2.53. The summed E-state index contributed by atoms with van der Waals surface area (Å²) >= 11 is 0.417. The molecular formula is C21H37AlO5. The van der Waals surface area contributed by atoms with Crippen molar-refractivity contribution in [3.8, 4) is 11.5 Å². The Morgan fingerprint density at radius 1 is 0.815 bits per heavy atom. The van der Waals surface area contributed by atoms with Crippen molar-refractivity contribution >= 4 is 15.2 Å². The predicted molar refractivity (Wildman–Crippen MR) is 112 cm³/mol. The van der Waals surface area contributed by atoms with Gasteiger partial charge in [0, 0.05) is 6.61 Å². The third-order valence-corrected chi connectivity index (χ3v) is 3.86. The first-order chi connectivity index (χ1) is 13.3. The molecule has 0 saturated carbocycles. The summed E-state index contributed by atoms with van der Waals surface area (Å²) in [4.78, 5) is 0. The summed E-state index contributed by atoms with van der Waals surface area (Å²) in [6.45, 7) is 8.47. The molecule has 154 valence electrons. The second-order valence-corrected chi connectivity index (χ2v) is 7.98. The molecule has 0 aromatic heterocycles. The van der Waals surface area contributed by atoms with Crippen LogP contribution in [0.5, 0.6) is 11.5 Å². The SMILES string of the molecule is CCCCOCCOCCOCc1cc2c(cc1CCC)OCO2.[CH3][AlH][CH3]. The van der Waals surface area contributed by atoms with Crippen LogP contribution in [-0.2, 0) is 27.2 Å². The zero-order valence-electron chi connectivity index (χ0n) is 17.7. The van der Waals surface area contributed by atoms with Crippen LogP contribution in [0, 0.1) is 0 Å². The molecule has 0 saturated heterocycles. The van der Waals surface area contributed by atoms with Crippen LogP contribution in [0.2, 0.25) is 11.6 Å². The van der Waals surface area contributed by atoms with Gasteiger partial charge in [0.25, 0.3) is 0 Å². The second kappa shape index (κ2) is 16.2. The summed E-state index contributed by atoms with van der Waals surface area (Å²) in [6, 6.07) is 4.12. The van der Waals surface area contributed by atoms with Crippen LogP contribution < -0.4 is 9.47 Å². The van der Waals surface area contributed by atoms with E-state index in [4.69, 9.17) is 23.7 Å². The first kappa shape index (κ1) is 24.3. The van der Waals surface area contributed by atoms with Crippen molar-refractivity contribution in [3.63, 3.8) is 0 Å². The van der Waals surface area contributed by atoms with Gasteiger partial charge < -0.3 is 23.7 Å². The zero-order valence-corrected chi connectivity index (χ0v) is 19.1. The topological polar surface area (TPSA) is 46.2 Å². The molecule has 0 amide bonds. The summed E-state index contributed by atoms with van der Waals surface area (Å²) in [5.74, 6) is 6.18. The van der Waals surface area contributed by atoms with E-state index < -0.39 is 0 Å². The number of fused-ring (bicyclic) bond motifs is 1. The van der Waals surface area contributed by atoms with Gasteiger partial charge in [0.15, 0.2) is 11.5 Å². The highest BCUT2D eigenvalue weighted by molar-refractivity contribution is 6.31. The van der Waals surface area contributed by atoms with Crippen LogP contribution >= 0.6 is 0 Å². The average molecular weight is 397 g/mol. The largest absolute Gasteiger partial charge is 0.454 e. The highest BCUT2D eigenvalue weighted by Crippen LogP contribution is 2.35. The Morgan fingerprint density at radius 2 is 1.37 bits per heavy atom. The summed E-state index contributed by atoms with van der Waals surface area (Å²) in [5, 5.41) is 0. The molecule has 0 unspecified atom stereocenters. The molecule has 1 aromatic carbocycles. The average Bonchev–Trinajstić information content (AvgIpc) is 3.11. The van der Waals surface area contributed by atoms with Gasteiger partial charge in [-0.1, -0.05) is 26.7 Å². The molecule has 0 atom stereocenters. The molecule has 0 N–H and O–H groups in total. The van der Waals surface area contributed by atoms with Gasteiger partial charge in [-0.15, -0.1) is 11.6 Å². The minimum Gasteiger partial charge on any atom is -0.454 e. The monoisotopic (exact) mass is 396 g/mol. The lowest BCUT2D eigenvalue weighted by atomic mass is 10.0. The maximum Gasteiger partial charge on any atom is 0.231 e. The highest BCUT2D eigenvalue weighted by Gasteiger charge is 2.16. The fourth-order valence-electron chi connectivity index (χ4n) is 2.53. The number of rotatable bonds is 13. The Kier molecular flexibility index (Phi) is 14.6. The number of aryl methyl sites for hydroxylation is 1. The predicted octanol–water partition coefficient (Wildman–Crippen LogP) is 4.24. The van der Waals surface area contributed by atoms with E-state index in [0.717, 1.165) is 43.8 Å². The molecule has 0 fully saturated rings. The first-order valence-electron chi connectivity index (χ1n) is 10.4. The number of hydrogen-bond acceptors (Lipinski definition) is 5. The molecule has 2 rings (SSSR count). The van der Waals surface area contributed by atoms with Crippen molar-refractivity contribution < 1.29 is 23.7 Å². The Labute approximate surface area is 171 Å². The number of ether oxygens (including phenoxy) is 5. The van der Waals surface area contributed by atoms with Gasteiger partial charge in [-0.3, -0.25) is 0 Å². The van der Waals surface area contributed by atoms with Crippen molar-refractivity contribution in [2.24, 2.45) is 0 Å². The van der Waals surface area contributed by atoms with Gasteiger partial charge in [-0.25, -0.2) is 0 Å². The zero-order chi connectivity index (χ0) is 19.7. The summed E-state index contributed by atoms with van der Waals surface area (Å²) in [5.41, 5.74) is 2.44. The van der Waals surface area contributed by atoms with Crippen LogP contribution in [0.3, 0.4) is 0 Å². The molecule has 1 heterocycles. The molecule has 27 heavy (non-hydrogen) atoms. The lowest BCUT2D eigenvalue weighted by Crippen LogP contribution is -2.10. The molecule has 0 radical (unpaired) electrons. The number of benzene rings is 1. The normalized spacial score (nSPS) is 11.9. The third kappa shape index (κ3) is 10.4. The maximum absolute atomic E-state index is 5.75. The van der Waals surface area contributed by atoms with Crippen molar-refractivity contribution in [3.05, 3.63) is 23.3 Å². The molecular weight excluding hydrogens is 359 g/mol. The minimum absolute atomic E-state index is 0.305. The molecule has 1 aliphatic rings. The Bertz CT molecular complexity index is 496. The smallest absolute Gasteiger partial charge is 0.231 e. The van der Waals surface area contributed by atoms with Crippen molar-refractivity contribution in [1.82, 2.24) is 0 Å². The van der Waals surface area contributed by atoms with Crippen LogP contribution in [0.1, 0.15) is 44.2 Å². The summed E-state index contributed by atoms with van der Waals surface area (Å²) in [6.07, 6.45) is 4.38. The van der Waals surface area contributed by atoms with E-state index in [1.165, 1.54) is 11.1 Å². The first-order valence-corrected chi connectivity index (χ1v) is 13.2. The quantitative estimate of drug-likeness (QED) is 0.369. The van der Waals surface area contributed by atoms with Gasteiger partial charge in [-0.05, 0) is 36.1 Å². The van der Waals surface area contributed by atoms with E-state index in [0.29, 0.717) is 55.0 Å².